The molecular weight excluding hydrogens is 288 g/mol. The Balaban J connectivity index is 2.56. The van der Waals surface area contributed by atoms with Crippen molar-refractivity contribution in [2.75, 3.05) is 0 Å². The van der Waals surface area contributed by atoms with Crippen LogP contribution in [0.3, 0.4) is 0 Å². The van der Waals surface area contributed by atoms with Crippen LogP contribution in [-0.2, 0) is 12.3 Å². The van der Waals surface area contributed by atoms with E-state index in [1.807, 2.05) is 35.1 Å². The largest absolute Gasteiger partial charge is 0.236 e. The minimum atomic E-state index is 0.508. The van der Waals surface area contributed by atoms with Gasteiger partial charge in [-0.15, -0.1) is 11.6 Å². The number of alkyl halides is 1. The second-order valence-electron chi connectivity index (χ2n) is 3.47. The Morgan fingerprint density at radius 1 is 1.38 bits per heavy atom. The summed E-state index contributed by atoms with van der Waals surface area (Å²) in [6, 6.07) is 8.04. The van der Waals surface area contributed by atoms with Gasteiger partial charge in [-0.05, 0) is 34.5 Å². The van der Waals surface area contributed by atoms with Gasteiger partial charge in [0, 0.05) is 15.7 Å². The Bertz CT molecular complexity index is 494. The first-order valence-electron chi connectivity index (χ1n) is 5.14. The van der Waals surface area contributed by atoms with Crippen LogP contribution in [0.4, 0.5) is 0 Å². The average molecular weight is 300 g/mol. The molecular formula is C12H12BrClN2. The molecule has 2 rings (SSSR count). The fourth-order valence-corrected chi connectivity index (χ4v) is 2.40. The van der Waals surface area contributed by atoms with E-state index < -0.39 is 0 Å². The SMILES string of the molecule is CCc1c(CCl)cnn1-c1ccccc1Br. The Labute approximate surface area is 108 Å². The maximum atomic E-state index is 5.89. The quantitative estimate of drug-likeness (QED) is 0.785. The number of aromatic nitrogens is 2. The molecule has 0 bridgehead atoms. The van der Waals surface area contributed by atoms with Crippen molar-refractivity contribution >= 4 is 27.5 Å². The minimum absolute atomic E-state index is 0.508. The summed E-state index contributed by atoms with van der Waals surface area (Å²) in [7, 11) is 0. The maximum absolute atomic E-state index is 5.89. The van der Waals surface area contributed by atoms with Crippen LogP contribution in [0.15, 0.2) is 34.9 Å². The van der Waals surface area contributed by atoms with Crippen molar-refractivity contribution in [3.8, 4) is 5.69 Å². The number of hydrogen-bond acceptors (Lipinski definition) is 1. The van der Waals surface area contributed by atoms with Crippen LogP contribution < -0.4 is 0 Å². The van der Waals surface area contributed by atoms with Crippen LogP contribution in [0, 0.1) is 0 Å². The molecule has 0 spiro atoms. The van der Waals surface area contributed by atoms with Gasteiger partial charge in [0.1, 0.15) is 0 Å². The molecule has 1 aromatic heterocycles. The van der Waals surface area contributed by atoms with Crippen LogP contribution >= 0.6 is 27.5 Å². The molecule has 0 N–H and O–H groups in total. The van der Waals surface area contributed by atoms with Crippen LogP contribution in [0.1, 0.15) is 18.2 Å². The van der Waals surface area contributed by atoms with Crippen molar-refractivity contribution in [2.45, 2.75) is 19.2 Å². The Kier molecular flexibility index (Phi) is 3.66. The Morgan fingerprint density at radius 3 is 2.75 bits per heavy atom. The number of halogens is 2. The zero-order valence-corrected chi connectivity index (χ0v) is 11.3. The summed E-state index contributed by atoms with van der Waals surface area (Å²) < 4.78 is 2.98. The summed E-state index contributed by atoms with van der Waals surface area (Å²) in [4.78, 5) is 0. The number of nitrogens with zero attached hydrogens (tertiary/aromatic N) is 2. The van der Waals surface area contributed by atoms with Crippen LogP contribution in [0.5, 0.6) is 0 Å². The predicted octanol–water partition coefficient (Wildman–Crippen LogP) is 3.94. The van der Waals surface area contributed by atoms with Gasteiger partial charge in [-0.1, -0.05) is 19.1 Å². The summed E-state index contributed by atoms with van der Waals surface area (Å²) >= 11 is 9.42. The molecule has 0 saturated heterocycles. The monoisotopic (exact) mass is 298 g/mol. The number of para-hydroxylation sites is 1. The van der Waals surface area contributed by atoms with Crippen LogP contribution in [0.25, 0.3) is 5.69 Å². The summed E-state index contributed by atoms with van der Waals surface area (Å²) in [6.07, 6.45) is 2.76. The molecule has 4 heteroatoms. The molecule has 1 heterocycles. The van der Waals surface area contributed by atoms with Crippen molar-refractivity contribution in [1.29, 1.82) is 0 Å². The first-order chi connectivity index (χ1) is 7.77. The van der Waals surface area contributed by atoms with Gasteiger partial charge in [-0.25, -0.2) is 4.68 Å². The lowest BCUT2D eigenvalue weighted by Gasteiger charge is -2.08. The van der Waals surface area contributed by atoms with E-state index in [-0.39, 0.29) is 0 Å². The average Bonchev–Trinajstić information content (AvgIpc) is 2.72. The van der Waals surface area contributed by atoms with E-state index in [1.165, 1.54) is 5.69 Å². The van der Waals surface area contributed by atoms with E-state index in [0.717, 1.165) is 22.1 Å². The topological polar surface area (TPSA) is 17.8 Å². The molecule has 2 aromatic rings. The Morgan fingerprint density at radius 2 is 2.12 bits per heavy atom. The van der Waals surface area contributed by atoms with E-state index in [9.17, 15) is 0 Å². The molecule has 0 fully saturated rings. The standard InChI is InChI=1S/C12H12BrClN2/c1-2-11-9(7-14)8-15-16(11)12-6-4-3-5-10(12)13/h3-6,8H,2,7H2,1H3. The van der Waals surface area contributed by atoms with Crippen molar-refractivity contribution in [3.63, 3.8) is 0 Å². The summed E-state index contributed by atoms with van der Waals surface area (Å²) in [5.41, 5.74) is 3.32. The second kappa shape index (κ2) is 5.02. The maximum Gasteiger partial charge on any atom is 0.0790 e. The lowest BCUT2D eigenvalue weighted by molar-refractivity contribution is 0.808. The lowest BCUT2D eigenvalue weighted by atomic mass is 10.2. The molecule has 0 saturated carbocycles. The van der Waals surface area contributed by atoms with E-state index >= 15 is 0 Å². The van der Waals surface area contributed by atoms with Gasteiger partial charge < -0.3 is 0 Å². The van der Waals surface area contributed by atoms with Gasteiger partial charge in [0.2, 0.25) is 0 Å². The third-order valence-electron chi connectivity index (χ3n) is 2.51. The van der Waals surface area contributed by atoms with Crippen molar-refractivity contribution < 1.29 is 0 Å². The number of rotatable bonds is 3. The fraction of sp³-hybridized carbons (Fsp3) is 0.250. The molecule has 0 radical (unpaired) electrons. The zero-order valence-electron chi connectivity index (χ0n) is 8.95. The molecule has 16 heavy (non-hydrogen) atoms. The summed E-state index contributed by atoms with van der Waals surface area (Å²) in [6.45, 7) is 2.11. The molecule has 0 aliphatic carbocycles. The highest BCUT2D eigenvalue weighted by atomic mass is 79.9. The van der Waals surface area contributed by atoms with Gasteiger partial charge >= 0.3 is 0 Å². The van der Waals surface area contributed by atoms with E-state index in [0.29, 0.717) is 5.88 Å². The fourth-order valence-electron chi connectivity index (χ4n) is 1.73. The molecule has 84 valence electrons. The molecule has 1 aromatic carbocycles. The normalized spacial score (nSPS) is 10.7. The molecule has 0 unspecified atom stereocenters. The highest BCUT2D eigenvalue weighted by Gasteiger charge is 2.11. The summed E-state index contributed by atoms with van der Waals surface area (Å²) in [5, 5.41) is 4.39. The van der Waals surface area contributed by atoms with E-state index in [4.69, 9.17) is 11.6 Å². The highest BCUT2D eigenvalue weighted by molar-refractivity contribution is 9.10. The number of hydrogen-bond donors (Lipinski definition) is 0. The lowest BCUT2D eigenvalue weighted by Crippen LogP contribution is -2.03. The molecule has 0 aliphatic rings. The summed E-state index contributed by atoms with van der Waals surface area (Å²) in [5.74, 6) is 0.508. The number of benzene rings is 1. The predicted molar refractivity (Wildman–Crippen MR) is 70.2 cm³/mol. The third kappa shape index (κ3) is 2.02. The van der Waals surface area contributed by atoms with Gasteiger partial charge in [-0.2, -0.15) is 5.10 Å². The van der Waals surface area contributed by atoms with Crippen molar-refractivity contribution in [1.82, 2.24) is 9.78 Å². The second-order valence-corrected chi connectivity index (χ2v) is 4.59. The zero-order chi connectivity index (χ0) is 11.5. The Hall–Kier alpha value is -0.800. The smallest absolute Gasteiger partial charge is 0.0790 e. The van der Waals surface area contributed by atoms with E-state index in [2.05, 4.69) is 28.0 Å². The first-order valence-corrected chi connectivity index (χ1v) is 6.47. The van der Waals surface area contributed by atoms with Crippen molar-refractivity contribution in [2.24, 2.45) is 0 Å². The highest BCUT2D eigenvalue weighted by Crippen LogP contribution is 2.23. The van der Waals surface area contributed by atoms with Gasteiger partial charge in [0.15, 0.2) is 0 Å². The van der Waals surface area contributed by atoms with Crippen LogP contribution in [-0.4, -0.2) is 9.78 Å². The van der Waals surface area contributed by atoms with E-state index in [1.54, 1.807) is 0 Å². The molecule has 2 nitrogen and oxygen atoms in total. The minimum Gasteiger partial charge on any atom is -0.236 e. The van der Waals surface area contributed by atoms with Gasteiger partial charge in [0.25, 0.3) is 0 Å². The van der Waals surface area contributed by atoms with Crippen LogP contribution in [0.2, 0.25) is 0 Å². The molecule has 0 amide bonds. The molecule has 0 aliphatic heterocycles. The molecule has 0 atom stereocenters. The third-order valence-corrected chi connectivity index (χ3v) is 3.47. The van der Waals surface area contributed by atoms with Gasteiger partial charge in [0.05, 0.1) is 17.8 Å². The van der Waals surface area contributed by atoms with Crippen molar-refractivity contribution in [3.05, 3.63) is 46.2 Å². The van der Waals surface area contributed by atoms with Gasteiger partial charge in [-0.3, -0.25) is 0 Å². The first kappa shape index (κ1) is 11.7.